The van der Waals surface area contributed by atoms with Crippen LogP contribution in [-0.4, -0.2) is 108 Å². The molecule has 1 atom stereocenters. The fraction of sp³-hybridized carbons (Fsp3) is 0.474. The highest BCUT2D eigenvalue weighted by Crippen LogP contribution is 2.24. The molecule has 3 fully saturated rings. The van der Waals surface area contributed by atoms with Crippen molar-refractivity contribution in [3.05, 3.63) is 24.3 Å². The molecule has 1 aromatic carbocycles. The second kappa shape index (κ2) is 8.20. The molecule has 3 aliphatic rings. The third-order valence-corrected chi connectivity index (χ3v) is 5.70. The minimum absolute atomic E-state index is 0.0656. The molecule has 166 valence electrons. The summed E-state index contributed by atoms with van der Waals surface area (Å²) in [5, 5.41) is 9.57. The first-order chi connectivity index (χ1) is 14.9. The van der Waals surface area contributed by atoms with Crippen molar-refractivity contribution in [3.63, 3.8) is 0 Å². The van der Waals surface area contributed by atoms with Crippen molar-refractivity contribution in [2.75, 3.05) is 57.8 Å². The summed E-state index contributed by atoms with van der Waals surface area (Å²) in [4.78, 5) is 59.7. The number of anilines is 1. The van der Waals surface area contributed by atoms with Crippen LogP contribution in [0.3, 0.4) is 0 Å². The number of piperazine rings is 2. The Labute approximate surface area is 178 Å². The van der Waals surface area contributed by atoms with Gasteiger partial charge in [-0.25, -0.2) is 14.4 Å². The number of rotatable bonds is 3. The quantitative estimate of drug-likeness (QED) is 0.684. The number of nitrogens with zero attached hydrogens (tertiary/aromatic N) is 5. The molecule has 31 heavy (non-hydrogen) atoms. The van der Waals surface area contributed by atoms with E-state index in [0.29, 0.717) is 31.2 Å². The highest BCUT2D eigenvalue weighted by atomic mass is 16.7. The van der Waals surface area contributed by atoms with Crippen LogP contribution in [0, 0.1) is 0 Å². The highest BCUT2D eigenvalue weighted by molar-refractivity contribution is 6.04. The van der Waals surface area contributed by atoms with Gasteiger partial charge in [-0.15, -0.1) is 0 Å². The molecule has 0 saturated carbocycles. The summed E-state index contributed by atoms with van der Waals surface area (Å²) in [6.07, 6.45) is -1.95. The number of imide groups is 1. The maximum absolute atomic E-state index is 12.6. The van der Waals surface area contributed by atoms with E-state index in [1.165, 1.54) is 9.80 Å². The van der Waals surface area contributed by atoms with Crippen molar-refractivity contribution in [2.24, 2.45) is 0 Å². The van der Waals surface area contributed by atoms with E-state index in [4.69, 9.17) is 14.7 Å². The largest absolute Gasteiger partial charge is 0.497 e. The minimum atomic E-state index is -1.16. The third-order valence-electron chi connectivity index (χ3n) is 5.70. The van der Waals surface area contributed by atoms with Crippen molar-refractivity contribution in [3.8, 4) is 5.75 Å². The zero-order valence-electron chi connectivity index (χ0n) is 17.0. The molecule has 0 spiro atoms. The lowest BCUT2D eigenvalue weighted by Gasteiger charge is -2.35. The number of hydrogen-bond acceptors (Lipinski definition) is 7. The number of amides is 5. The predicted octanol–water partition coefficient (Wildman–Crippen LogP) is 0.495. The molecule has 4 rings (SSSR count). The standard InChI is InChI=1S/C19H23N5O7/c1-30-14-4-2-13(3-5-14)20-6-8-21(9-7-20)19(29)31-24-16(25)15-12-22(18(27)28)10-11-23(15)17(24)26/h2-5,15H,6-12H2,1H3,(H,27,28). The number of carboxylic acid groups (broad SMARTS) is 1. The van der Waals surface area contributed by atoms with Crippen LogP contribution in [-0.2, 0) is 9.63 Å². The molecule has 0 aromatic heterocycles. The third kappa shape index (κ3) is 3.88. The first-order valence-electron chi connectivity index (χ1n) is 9.87. The van der Waals surface area contributed by atoms with Crippen molar-refractivity contribution in [2.45, 2.75) is 6.04 Å². The number of ether oxygens (including phenoxy) is 1. The number of fused-ring (bicyclic) bond motifs is 1. The summed E-state index contributed by atoms with van der Waals surface area (Å²) in [7, 11) is 1.60. The van der Waals surface area contributed by atoms with Crippen molar-refractivity contribution >= 4 is 29.8 Å². The SMILES string of the molecule is COc1ccc(N2CCN(C(=O)ON3C(=O)C4CN(C(=O)O)CCN4C3=O)CC2)cc1. The molecule has 0 radical (unpaired) electrons. The maximum atomic E-state index is 12.6. The van der Waals surface area contributed by atoms with Crippen molar-refractivity contribution in [1.82, 2.24) is 19.8 Å². The van der Waals surface area contributed by atoms with Gasteiger partial charge < -0.3 is 34.3 Å². The smallest absolute Gasteiger partial charge is 0.434 e. The number of hydroxylamine groups is 2. The molecule has 0 aliphatic carbocycles. The van der Waals surface area contributed by atoms with Crippen LogP contribution >= 0.6 is 0 Å². The molecule has 5 amide bonds. The van der Waals surface area contributed by atoms with Gasteiger partial charge in [-0.05, 0) is 24.3 Å². The molecule has 1 unspecified atom stereocenters. The van der Waals surface area contributed by atoms with Crippen LogP contribution < -0.4 is 9.64 Å². The number of carbonyl (C=O) groups is 4. The van der Waals surface area contributed by atoms with Gasteiger partial charge in [0.25, 0.3) is 5.91 Å². The van der Waals surface area contributed by atoms with E-state index in [1.807, 2.05) is 24.3 Å². The van der Waals surface area contributed by atoms with E-state index < -0.39 is 30.2 Å². The Morgan fingerprint density at radius 2 is 1.61 bits per heavy atom. The Bertz CT molecular complexity index is 884. The summed E-state index contributed by atoms with van der Waals surface area (Å²) >= 11 is 0. The zero-order chi connectivity index (χ0) is 22.1. The zero-order valence-corrected chi connectivity index (χ0v) is 17.0. The Balaban J connectivity index is 1.33. The van der Waals surface area contributed by atoms with Gasteiger partial charge in [-0.3, -0.25) is 4.79 Å². The molecule has 3 saturated heterocycles. The average Bonchev–Trinajstić information content (AvgIpc) is 3.03. The van der Waals surface area contributed by atoms with Crippen LogP contribution in [0.1, 0.15) is 0 Å². The van der Waals surface area contributed by atoms with E-state index in [-0.39, 0.29) is 19.6 Å². The molecule has 3 heterocycles. The topological polar surface area (TPSA) is 123 Å². The lowest BCUT2D eigenvalue weighted by Crippen LogP contribution is -2.54. The van der Waals surface area contributed by atoms with Gasteiger partial charge in [0, 0.05) is 45.0 Å². The van der Waals surface area contributed by atoms with E-state index in [9.17, 15) is 19.2 Å². The Morgan fingerprint density at radius 3 is 2.23 bits per heavy atom. The van der Waals surface area contributed by atoms with Crippen molar-refractivity contribution < 1.29 is 33.9 Å². The van der Waals surface area contributed by atoms with Crippen LogP contribution in [0.15, 0.2) is 24.3 Å². The van der Waals surface area contributed by atoms with E-state index in [0.717, 1.165) is 16.3 Å². The van der Waals surface area contributed by atoms with Gasteiger partial charge in [0.1, 0.15) is 11.8 Å². The van der Waals surface area contributed by atoms with Gasteiger partial charge in [-0.2, -0.15) is 0 Å². The van der Waals surface area contributed by atoms with E-state index in [2.05, 4.69) is 4.90 Å². The van der Waals surface area contributed by atoms with Crippen LogP contribution in [0.4, 0.5) is 20.1 Å². The molecule has 3 aliphatic heterocycles. The highest BCUT2D eigenvalue weighted by Gasteiger charge is 2.51. The Kier molecular flexibility index (Phi) is 5.44. The monoisotopic (exact) mass is 433 g/mol. The summed E-state index contributed by atoms with van der Waals surface area (Å²) < 4.78 is 5.16. The van der Waals surface area contributed by atoms with Crippen LogP contribution in [0.25, 0.3) is 0 Å². The van der Waals surface area contributed by atoms with E-state index in [1.54, 1.807) is 7.11 Å². The van der Waals surface area contributed by atoms with Gasteiger partial charge in [0.05, 0.1) is 13.7 Å². The average molecular weight is 433 g/mol. The number of carbonyl (C=O) groups excluding carboxylic acids is 3. The second-order valence-electron chi connectivity index (χ2n) is 7.38. The van der Waals surface area contributed by atoms with Crippen LogP contribution in [0.2, 0.25) is 0 Å². The predicted molar refractivity (Wildman–Crippen MR) is 106 cm³/mol. The normalized spacial score (nSPS) is 21.3. The van der Waals surface area contributed by atoms with E-state index >= 15 is 0 Å². The Morgan fingerprint density at radius 1 is 0.968 bits per heavy atom. The Hall–Kier alpha value is -3.70. The number of hydrogen-bond donors (Lipinski definition) is 1. The molecule has 12 nitrogen and oxygen atoms in total. The molecule has 12 heteroatoms. The van der Waals surface area contributed by atoms with Gasteiger partial charge in [-0.1, -0.05) is 5.06 Å². The van der Waals surface area contributed by atoms with Crippen molar-refractivity contribution in [1.29, 1.82) is 0 Å². The summed E-state index contributed by atoms with van der Waals surface area (Å²) in [5.74, 6) is 0.0230. The first kappa shape index (κ1) is 20.6. The molecule has 1 N–H and O–H groups in total. The number of benzene rings is 1. The molecular formula is C19H23N5O7. The fourth-order valence-electron chi connectivity index (χ4n) is 3.90. The molecular weight excluding hydrogens is 410 g/mol. The van der Waals surface area contributed by atoms with Gasteiger partial charge in [0.2, 0.25) is 0 Å². The molecule has 0 bridgehead atoms. The summed E-state index contributed by atoms with van der Waals surface area (Å²) in [5.41, 5.74) is 0.999. The van der Waals surface area contributed by atoms with Gasteiger partial charge in [0.15, 0.2) is 0 Å². The second-order valence-corrected chi connectivity index (χ2v) is 7.38. The summed E-state index contributed by atoms with van der Waals surface area (Å²) in [6.45, 7) is 1.86. The minimum Gasteiger partial charge on any atom is -0.497 e. The molecule has 1 aromatic rings. The number of urea groups is 1. The lowest BCUT2D eigenvalue weighted by atomic mass is 10.2. The summed E-state index contributed by atoms with van der Waals surface area (Å²) in [6, 6.07) is 5.87. The maximum Gasteiger partial charge on any atom is 0.434 e. The number of methoxy groups -OCH3 is 1. The van der Waals surface area contributed by atoms with Crippen LogP contribution in [0.5, 0.6) is 5.75 Å². The van der Waals surface area contributed by atoms with Gasteiger partial charge >= 0.3 is 18.2 Å². The fourth-order valence-corrected chi connectivity index (χ4v) is 3.90. The lowest BCUT2D eigenvalue weighted by molar-refractivity contribution is -0.152. The first-order valence-corrected chi connectivity index (χ1v) is 9.87.